The topological polar surface area (TPSA) is 43.4 Å². The maximum Gasteiger partial charge on any atom is 0.339 e. The smallest absolute Gasteiger partial charge is 0.339 e. The molecule has 0 bridgehead atoms. The Morgan fingerprint density at radius 2 is 1.43 bits per heavy atom. The minimum absolute atomic E-state index is 0.149. The summed E-state index contributed by atoms with van der Waals surface area (Å²) in [5, 5.41) is 0.617. The Morgan fingerprint density at radius 3 is 1.95 bits per heavy atom. The third-order valence-electron chi connectivity index (χ3n) is 3.38. The molecule has 0 aromatic heterocycles. The fourth-order valence-electron chi connectivity index (χ4n) is 2.00. The van der Waals surface area contributed by atoms with Gasteiger partial charge in [-0.05, 0) is 74.2 Å². The maximum absolute atomic E-state index is 12.3. The van der Waals surface area contributed by atoms with Crippen LogP contribution < -0.4 is 4.18 Å². The van der Waals surface area contributed by atoms with Crippen molar-refractivity contribution in [2.24, 2.45) is 0 Å². The molecule has 0 saturated carbocycles. The normalized spacial score (nSPS) is 11.5. The summed E-state index contributed by atoms with van der Waals surface area (Å²) in [6.45, 7) is 7.42. The van der Waals surface area contributed by atoms with Crippen LogP contribution in [-0.2, 0) is 10.1 Å². The van der Waals surface area contributed by atoms with Crippen LogP contribution in [-0.4, -0.2) is 8.42 Å². The van der Waals surface area contributed by atoms with Crippen LogP contribution in [0, 0.1) is 27.7 Å². The predicted octanol–water partition coefficient (Wildman–Crippen LogP) is 4.34. The highest BCUT2D eigenvalue weighted by Gasteiger charge is 2.18. The molecule has 0 spiro atoms. The van der Waals surface area contributed by atoms with E-state index in [4.69, 9.17) is 15.8 Å². The number of halogens is 1. The zero-order valence-electron chi connectivity index (χ0n) is 12.4. The Morgan fingerprint density at radius 1 is 0.857 bits per heavy atom. The average Bonchev–Trinajstić information content (AvgIpc) is 2.38. The van der Waals surface area contributed by atoms with Crippen LogP contribution >= 0.6 is 11.6 Å². The van der Waals surface area contributed by atoms with Crippen LogP contribution in [0.15, 0.2) is 35.2 Å². The summed E-state index contributed by atoms with van der Waals surface area (Å²) in [5.74, 6) is 0.271. The highest BCUT2D eigenvalue weighted by atomic mass is 35.5. The Kier molecular flexibility index (Phi) is 4.30. The van der Waals surface area contributed by atoms with E-state index in [9.17, 15) is 8.42 Å². The van der Waals surface area contributed by atoms with Crippen LogP contribution in [0.1, 0.15) is 22.3 Å². The molecule has 0 aliphatic carbocycles. The molecule has 2 aromatic carbocycles. The molecule has 0 unspecified atom stereocenters. The van der Waals surface area contributed by atoms with E-state index in [1.807, 2.05) is 27.7 Å². The monoisotopic (exact) mass is 324 g/mol. The molecular formula is C16H17ClO3S. The molecule has 0 aliphatic rings. The minimum atomic E-state index is -3.84. The van der Waals surface area contributed by atoms with Crippen molar-refractivity contribution in [3.63, 3.8) is 0 Å². The van der Waals surface area contributed by atoms with Gasteiger partial charge >= 0.3 is 10.1 Å². The average molecular weight is 325 g/mol. The van der Waals surface area contributed by atoms with E-state index in [1.165, 1.54) is 0 Å². The number of hydrogen-bond donors (Lipinski definition) is 0. The van der Waals surface area contributed by atoms with Crippen molar-refractivity contribution in [3.05, 3.63) is 57.6 Å². The van der Waals surface area contributed by atoms with Crippen LogP contribution in [0.5, 0.6) is 5.75 Å². The molecule has 0 heterocycles. The first-order valence-electron chi connectivity index (χ1n) is 6.49. The lowest BCUT2D eigenvalue weighted by Gasteiger charge is -2.11. The molecule has 5 heteroatoms. The minimum Gasteiger partial charge on any atom is -0.379 e. The van der Waals surface area contributed by atoms with Gasteiger partial charge in [-0.1, -0.05) is 17.7 Å². The van der Waals surface area contributed by atoms with Crippen LogP contribution in [0.4, 0.5) is 0 Å². The summed E-state index contributed by atoms with van der Waals surface area (Å²) in [5.41, 5.74) is 3.50. The van der Waals surface area contributed by atoms with Crippen molar-refractivity contribution in [1.82, 2.24) is 0 Å². The summed E-state index contributed by atoms with van der Waals surface area (Å²) >= 11 is 6.07. The molecule has 0 aliphatic heterocycles. The molecule has 3 nitrogen and oxygen atoms in total. The van der Waals surface area contributed by atoms with Crippen LogP contribution in [0.3, 0.4) is 0 Å². The van der Waals surface area contributed by atoms with E-state index in [0.717, 1.165) is 22.3 Å². The highest BCUT2D eigenvalue weighted by Crippen LogP contribution is 2.28. The van der Waals surface area contributed by atoms with E-state index >= 15 is 0 Å². The number of aryl methyl sites for hydroxylation is 4. The summed E-state index contributed by atoms with van der Waals surface area (Å²) in [7, 11) is -3.84. The summed E-state index contributed by atoms with van der Waals surface area (Å²) < 4.78 is 29.8. The van der Waals surface area contributed by atoms with Gasteiger partial charge in [0.2, 0.25) is 0 Å². The standard InChI is InChI=1S/C16H17ClO3S/c1-10-5-6-15(9-11(10)2)21(18,19)20-14-7-12(3)16(17)13(4)8-14/h5-9H,1-4H3. The summed E-state index contributed by atoms with van der Waals surface area (Å²) in [4.78, 5) is 0.149. The van der Waals surface area contributed by atoms with Gasteiger partial charge in [-0.3, -0.25) is 0 Å². The number of benzene rings is 2. The molecule has 21 heavy (non-hydrogen) atoms. The molecule has 0 atom stereocenters. The Balaban J connectivity index is 2.39. The van der Waals surface area contributed by atoms with Gasteiger partial charge in [0.1, 0.15) is 10.6 Å². The molecule has 0 N–H and O–H groups in total. The number of rotatable bonds is 3. The zero-order valence-corrected chi connectivity index (χ0v) is 14.0. The maximum atomic E-state index is 12.3. The van der Waals surface area contributed by atoms with E-state index in [-0.39, 0.29) is 10.6 Å². The largest absolute Gasteiger partial charge is 0.379 e. The van der Waals surface area contributed by atoms with E-state index in [0.29, 0.717) is 5.02 Å². The van der Waals surface area contributed by atoms with Gasteiger partial charge in [0.15, 0.2) is 0 Å². The Bertz CT molecular complexity index is 772. The van der Waals surface area contributed by atoms with E-state index < -0.39 is 10.1 Å². The molecule has 2 aromatic rings. The highest BCUT2D eigenvalue weighted by molar-refractivity contribution is 7.87. The fraction of sp³-hybridized carbons (Fsp3) is 0.250. The van der Waals surface area contributed by atoms with Gasteiger partial charge in [0.25, 0.3) is 0 Å². The molecule has 2 rings (SSSR count). The molecule has 0 radical (unpaired) electrons. The third-order valence-corrected chi connectivity index (χ3v) is 5.22. The molecule has 0 fully saturated rings. The number of hydrogen-bond acceptors (Lipinski definition) is 3. The lowest BCUT2D eigenvalue weighted by Crippen LogP contribution is -2.10. The van der Waals surface area contributed by atoms with E-state index in [2.05, 4.69) is 0 Å². The summed E-state index contributed by atoms with van der Waals surface area (Å²) in [6, 6.07) is 8.17. The summed E-state index contributed by atoms with van der Waals surface area (Å²) in [6.07, 6.45) is 0. The first kappa shape index (κ1) is 15.9. The van der Waals surface area contributed by atoms with Gasteiger partial charge in [-0.25, -0.2) is 0 Å². The van der Waals surface area contributed by atoms with Gasteiger partial charge in [0, 0.05) is 5.02 Å². The SMILES string of the molecule is Cc1ccc(S(=O)(=O)Oc2cc(C)c(Cl)c(C)c2)cc1C. The second-order valence-electron chi connectivity index (χ2n) is 5.15. The molecular weight excluding hydrogens is 308 g/mol. The second kappa shape index (κ2) is 5.70. The van der Waals surface area contributed by atoms with Gasteiger partial charge in [-0.15, -0.1) is 0 Å². The Labute approximate surface area is 130 Å². The second-order valence-corrected chi connectivity index (χ2v) is 7.08. The molecule has 0 saturated heterocycles. The molecule has 112 valence electrons. The lowest BCUT2D eigenvalue weighted by atomic mass is 10.1. The van der Waals surface area contributed by atoms with Crippen molar-refractivity contribution >= 4 is 21.7 Å². The predicted molar refractivity (Wildman–Crippen MR) is 84.7 cm³/mol. The first-order valence-corrected chi connectivity index (χ1v) is 8.28. The van der Waals surface area contributed by atoms with Crippen molar-refractivity contribution in [3.8, 4) is 5.75 Å². The van der Waals surface area contributed by atoms with Crippen LogP contribution in [0.25, 0.3) is 0 Å². The fourth-order valence-corrected chi connectivity index (χ4v) is 3.11. The van der Waals surface area contributed by atoms with Crippen molar-refractivity contribution in [2.75, 3.05) is 0 Å². The van der Waals surface area contributed by atoms with Crippen molar-refractivity contribution in [2.45, 2.75) is 32.6 Å². The zero-order chi connectivity index (χ0) is 15.8. The quantitative estimate of drug-likeness (QED) is 0.789. The first-order chi connectivity index (χ1) is 9.70. The van der Waals surface area contributed by atoms with Crippen LogP contribution in [0.2, 0.25) is 5.02 Å². The van der Waals surface area contributed by atoms with E-state index in [1.54, 1.807) is 30.3 Å². The van der Waals surface area contributed by atoms with Gasteiger partial charge in [-0.2, -0.15) is 8.42 Å². The lowest BCUT2D eigenvalue weighted by molar-refractivity contribution is 0.485. The van der Waals surface area contributed by atoms with Crippen molar-refractivity contribution in [1.29, 1.82) is 0 Å². The van der Waals surface area contributed by atoms with Gasteiger partial charge < -0.3 is 4.18 Å². The third kappa shape index (κ3) is 3.39. The van der Waals surface area contributed by atoms with Gasteiger partial charge in [0.05, 0.1) is 0 Å². The van der Waals surface area contributed by atoms with Crippen molar-refractivity contribution < 1.29 is 12.6 Å². The molecule has 0 amide bonds. The Hall–Kier alpha value is -1.52.